The number of carbonyl (C=O) groups excluding carboxylic acids is 2. The fraction of sp³-hybridized carbons (Fsp3) is 0.222. The molecular formula is C18H18BrClN2O3. The van der Waals surface area contributed by atoms with Crippen molar-refractivity contribution in [2.45, 2.75) is 6.92 Å². The summed E-state index contributed by atoms with van der Waals surface area (Å²) < 4.78 is 6.23. The van der Waals surface area contributed by atoms with Gasteiger partial charge < -0.3 is 15.0 Å². The number of halogens is 2. The lowest BCUT2D eigenvalue weighted by Gasteiger charge is -2.17. The molecule has 5 nitrogen and oxygen atoms in total. The number of likely N-dealkylation sites (N-methyl/N-ethyl adjacent to an activating group) is 1. The first kappa shape index (κ1) is 19.3. The van der Waals surface area contributed by atoms with Crippen LogP contribution in [0.4, 0.5) is 5.69 Å². The highest BCUT2D eigenvalue weighted by Gasteiger charge is 2.14. The second kappa shape index (κ2) is 8.87. The summed E-state index contributed by atoms with van der Waals surface area (Å²) in [6, 6.07) is 12.4. The number of nitrogens with zero attached hydrogens (tertiary/aromatic N) is 1. The van der Waals surface area contributed by atoms with Crippen LogP contribution in [0.3, 0.4) is 0 Å². The molecule has 0 fully saturated rings. The molecule has 0 saturated carbocycles. The van der Waals surface area contributed by atoms with Gasteiger partial charge in [0.05, 0.1) is 12.2 Å². The average molecular weight is 426 g/mol. The van der Waals surface area contributed by atoms with E-state index in [2.05, 4.69) is 21.2 Å². The average Bonchev–Trinajstić information content (AvgIpc) is 2.57. The van der Waals surface area contributed by atoms with Gasteiger partial charge in [-0.1, -0.05) is 23.7 Å². The first-order chi connectivity index (χ1) is 11.9. The van der Waals surface area contributed by atoms with Crippen LogP contribution in [-0.2, 0) is 9.59 Å². The van der Waals surface area contributed by atoms with Gasteiger partial charge in [-0.3, -0.25) is 9.59 Å². The Bertz CT molecular complexity index is 783. The smallest absolute Gasteiger partial charge is 0.260 e. The maximum absolute atomic E-state index is 12.1. The minimum absolute atomic E-state index is 0.0663. The molecule has 2 aromatic carbocycles. The second-order valence-corrected chi connectivity index (χ2v) is 6.74. The van der Waals surface area contributed by atoms with E-state index in [-0.39, 0.29) is 25.0 Å². The summed E-state index contributed by atoms with van der Waals surface area (Å²) in [5.41, 5.74) is 1.52. The summed E-state index contributed by atoms with van der Waals surface area (Å²) in [6.45, 7) is 1.64. The van der Waals surface area contributed by atoms with Crippen molar-refractivity contribution < 1.29 is 14.3 Å². The molecule has 0 spiro atoms. The van der Waals surface area contributed by atoms with Crippen molar-refractivity contribution in [3.8, 4) is 5.75 Å². The molecule has 0 aliphatic heterocycles. The Labute approximate surface area is 160 Å². The Balaban J connectivity index is 1.84. The lowest BCUT2D eigenvalue weighted by Crippen LogP contribution is -2.37. The Morgan fingerprint density at radius 1 is 1.24 bits per heavy atom. The zero-order valence-electron chi connectivity index (χ0n) is 13.9. The van der Waals surface area contributed by atoms with Gasteiger partial charge in [0.2, 0.25) is 5.91 Å². The van der Waals surface area contributed by atoms with Crippen molar-refractivity contribution >= 4 is 45.0 Å². The van der Waals surface area contributed by atoms with Crippen LogP contribution in [0.1, 0.15) is 5.56 Å². The number of carbonyl (C=O) groups is 2. The minimum atomic E-state index is -0.296. The first-order valence-corrected chi connectivity index (χ1v) is 8.71. The molecule has 0 radical (unpaired) electrons. The number of benzene rings is 2. The number of hydrogen-bond donors (Lipinski definition) is 1. The number of anilines is 1. The van der Waals surface area contributed by atoms with E-state index in [0.717, 1.165) is 10.0 Å². The molecule has 0 unspecified atom stereocenters. The molecule has 0 atom stereocenters. The molecule has 2 amide bonds. The second-order valence-electron chi connectivity index (χ2n) is 5.48. The van der Waals surface area contributed by atoms with Crippen molar-refractivity contribution in [1.82, 2.24) is 4.90 Å². The lowest BCUT2D eigenvalue weighted by molar-refractivity contribution is -0.135. The molecule has 0 saturated heterocycles. The van der Waals surface area contributed by atoms with E-state index >= 15 is 0 Å². The van der Waals surface area contributed by atoms with Crippen molar-refractivity contribution in [3.05, 3.63) is 57.5 Å². The molecule has 2 aromatic rings. The molecule has 132 valence electrons. The van der Waals surface area contributed by atoms with Crippen LogP contribution in [0, 0.1) is 6.92 Å². The lowest BCUT2D eigenvalue weighted by atomic mass is 10.2. The van der Waals surface area contributed by atoms with Gasteiger partial charge in [-0.25, -0.2) is 0 Å². The maximum atomic E-state index is 12.1. The predicted molar refractivity (Wildman–Crippen MR) is 102 cm³/mol. The Hall–Kier alpha value is -2.05. The third-order valence-corrected chi connectivity index (χ3v) is 4.56. The quantitative estimate of drug-likeness (QED) is 0.764. The van der Waals surface area contributed by atoms with E-state index in [1.165, 1.54) is 4.90 Å². The highest BCUT2D eigenvalue weighted by molar-refractivity contribution is 9.10. The molecule has 0 heterocycles. The van der Waals surface area contributed by atoms with E-state index in [1.54, 1.807) is 31.3 Å². The summed E-state index contributed by atoms with van der Waals surface area (Å²) in [6.07, 6.45) is 0. The van der Waals surface area contributed by atoms with E-state index in [0.29, 0.717) is 16.5 Å². The number of rotatable bonds is 6. The summed E-state index contributed by atoms with van der Waals surface area (Å²) in [4.78, 5) is 25.5. The van der Waals surface area contributed by atoms with Crippen molar-refractivity contribution in [2.24, 2.45) is 0 Å². The number of aryl methyl sites for hydroxylation is 1. The fourth-order valence-corrected chi connectivity index (χ4v) is 2.52. The maximum Gasteiger partial charge on any atom is 0.260 e. The van der Waals surface area contributed by atoms with Gasteiger partial charge in [0.25, 0.3) is 5.91 Å². The molecule has 0 aliphatic rings. The first-order valence-electron chi connectivity index (χ1n) is 7.54. The molecule has 2 rings (SSSR count). The van der Waals surface area contributed by atoms with Crippen molar-refractivity contribution in [3.63, 3.8) is 0 Å². The zero-order chi connectivity index (χ0) is 18.4. The molecule has 7 heteroatoms. The Morgan fingerprint density at radius 2 is 1.96 bits per heavy atom. The van der Waals surface area contributed by atoms with Gasteiger partial charge in [-0.2, -0.15) is 0 Å². The summed E-state index contributed by atoms with van der Waals surface area (Å²) in [5.74, 6) is -0.0266. The van der Waals surface area contributed by atoms with Crippen LogP contribution < -0.4 is 10.1 Å². The van der Waals surface area contributed by atoms with Crippen molar-refractivity contribution in [2.75, 3.05) is 25.5 Å². The highest BCUT2D eigenvalue weighted by Crippen LogP contribution is 2.22. The molecule has 0 bridgehead atoms. The minimum Gasteiger partial charge on any atom is -0.484 e. The molecule has 0 aliphatic carbocycles. The Morgan fingerprint density at radius 3 is 2.64 bits per heavy atom. The van der Waals surface area contributed by atoms with Gasteiger partial charge in [0.15, 0.2) is 6.61 Å². The van der Waals surface area contributed by atoms with Crippen molar-refractivity contribution in [1.29, 1.82) is 0 Å². The molecular weight excluding hydrogens is 408 g/mol. The van der Waals surface area contributed by atoms with Crippen LogP contribution >= 0.6 is 27.5 Å². The predicted octanol–water partition coefficient (Wildman–Crippen LogP) is 3.89. The third kappa shape index (κ3) is 5.76. The number of para-hydroxylation sites is 1. The number of nitrogens with one attached hydrogen (secondary N) is 1. The molecule has 0 aromatic heterocycles. The van der Waals surface area contributed by atoms with E-state index < -0.39 is 0 Å². The number of hydrogen-bond acceptors (Lipinski definition) is 3. The fourth-order valence-electron chi connectivity index (χ4n) is 2.02. The summed E-state index contributed by atoms with van der Waals surface area (Å²) in [7, 11) is 1.55. The number of amides is 2. The molecule has 25 heavy (non-hydrogen) atoms. The van der Waals surface area contributed by atoms with E-state index in [1.807, 2.05) is 25.1 Å². The summed E-state index contributed by atoms with van der Waals surface area (Å²) >= 11 is 9.31. The van der Waals surface area contributed by atoms with Gasteiger partial charge in [-0.05, 0) is 58.7 Å². The topological polar surface area (TPSA) is 58.6 Å². The van der Waals surface area contributed by atoms with Gasteiger partial charge in [0, 0.05) is 16.5 Å². The third-order valence-electron chi connectivity index (χ3n) is 3.45. The van der Waals surface area contributed by atoms with Crippen LogP contribution in [0.15, 0.2) is 46.9 Å². The SMILES string of the molecule is Cc1cc(OCC(=O)N(C)CC(=O)Nc2ccccc2Br)ccc1Cl. The molecule has 1 N–H and O–H groups in total. The van der Waals surface area contributed by atoms with E-state index in [4.69, 9.17) is 16.3 Å². The zero-order valence-corrected chi connectivity index (χ0v) is 16.2. The monoisotopic (exact) mass is 424 g/mol. The van der Waals surface area contributed by atoms with E-state index in [9.17, 15) is 9.59 Å². The van der Waals surface area contributed by atoms with Gasteiger partial charge in [0.1, 0.15) is 5.75 Å². The van der Waals surface area contributed by atoms with Crippen LogP contribution in [0.5, 0.6) is 5.75 Å². The largest absolute Gasteiger partial charge is 0.484 e. The van der Waals surface area contributed by atoms with Gasteiger partial charge >= 0.3 is 0 Å². The Kier molecular flexibility index (Phi) is 6.84. The normalized spacial score (nSPS) is 10.2. The van der Waals surface area contributed by atoms with Crippen LogP contribution in [0.2, 0.25) is 5.02 Å². The van der Waals surface area contributed by atoms with Gasteiger partial charge in [-0.15, -0.1) is 0 Å². The number of ether oxygens (including phenoxy) is 1. The summed E-state index contributed by atoms with van der Waals surface area (Å²) in [5, 5.41) is 3.39. The van der Waals surface area contributed by atoms with Crippen LogP contribution in [-0.4, -0.2) is 36.9 Å². The van der Waals surface area contributed by atoms with Crippen LogP contribution in [0.25, 0.3) is 0 Å². The highest BCUT2D eigenvalue weighted by atomic mass is 79.9. The standard InChI is InChI=1S/C18H18BrClN2O3/c1-12-9-13(7-8-15(12)20)25-11-18(24)22(2)10-17(23)21-16-6-4-3-5-14(16)19/h3-9H,10-11H2,1-2H3,(H,21,23).